The number of esters is 1. The Hall–Kier alpha value is -2.81. The molecule has 0 aliphatic heterocycles. The molecular formula is C16H14BrNO7. The Morgan fingerprint density at radius 1 is 1.28 bits per heavy atom. The molecule has 0 atom stereocenters. The molecule has 0 saturated heterocycles. The lowest BCUT2D eigenvalue weighted by molar-refractivity contribution is -0.402. The van der Waals surface area contributed by atoms with Crippen LogP contribution in [-0.4, -0.2) is 25.1 Å². The van der Waals surface area contributed by atoms with Gasteiger partial charge in [-0.15, -0.1) is 0 Å². The molecule has 0 aliphatic carbocycles. The van der Waals surface area contributed by atoms with E-state index in [9.17, 15) is 14.9 Å². The molecule has 1 heterocycles. The van der Waals surface area contributed by atoms with Crippen molar-refractivity contribution in [1.29, 1.82) is 0 Å². The minimum absolute atomic E-state index is 0.00239. The minimum Gasteiger partial charge on any atom is -0.493 e. The Kier molecular flexibility index (Phi) is 6.18. The van der Waals surface area contributed by atoms with Crippen LogP contribution in [0.5, 0.6) is 11.5 Å². The number of ether oxygens (including phenoxy) is 3. The van der Waals surface area contributed by atoms with Gasteiger partial charge in [0.15, 0.2) is 11.5 Å². The number of carbonyl (C=O) groups excluding carboxylic acids is 1. The number of nitro groups is 1. The molecule has 0 radical (unpaired) electrons. The molecule has 0 fully saturated rings. The van der Waals surface area contributed by atoms with Gasteiger partial charge < -0.3 is 18.6 Å². The fraction of sp³-hybridized carbons (Fsp3) is 0.188. The van der Waals surface area contributed by atoms with E-state index >= 15 is 0 Å². The van der Waals surface area contributed by atoms with Crippen molar-refractivity contribution in [3.8, 4) is 11.5 Å². The lowest BCUT2D eigenvalue weighted by atomic mass is 10.2. The van der Waals surface area contributed by atoms with E-state index in [4.69, 9.17) is 18.6 Å². The Balaban J connectivity index is 1.99. The molecule has 132 valence electrons. The van der Waals surface area contributed by atoms with Gasteiger partial charge in [-0.3, -0.25) is 10.1 Å². The van der Waals surface area contributed by atoms with Gasteiger partial charge in [-0.25, -0.2) is 4.79 Å². The molecule has 8 nitrogen and oxygen atoms in total. The van der Waals surface area contributed by atoms with Crippen molar-refractivity contribution in [3.63, 3.8) is 0 Å². The molecule has 2 rings (SSSR count). The Morgan fingerprint density at radius 2 is 1.96 bits per heavy atom. The van der Waals surface area contributed by atoms with Crippen LogP contribution in [0.1, 0.15) is 11.3 Å². The summed E-state index contributed by atoms with van der Waals surface area (Å²) in [5, 5.41) is 10.5. The van der Waals surface area contributed by atoms with Gasteiger partial charge in [0.05, 0.1) is 20.3 Å². The lowest BCUT2D eigenvalue weighted by Crippen LogP contribution is -2.02. The van der Waals surface area contributed by atoms with Crippen LogP contribution in [0.4, 0.5) is 5.88 Å². The van der Waals surface area contributed by atoms with Gasteiger partial charge in [-0.1, -0.05) is 15.9 Å². The van der Waals surface area contributed by atoms with Crippen molar-refractivity contribution in [2.24, 2.45) is 0 Å². The van der Waals surface area contributed by atoms with E-state index in [0.717, 1.165) is 6.08 Å². The maximum atomic E-state index is 11.8. The number of benzene rings is 1. The minimum atomic E-state index is -0.662. The molecule has 2 aromatic rings. The molecule has 0 spiro atoms. The van der Waals surface area contributed by atoms with Crippen molar-refractivity contribution in [2.75, 3.05) is 14.2 Å². The normalized spacial score (nSPS) is 10.7. The SMILES string of the molecule is COc1cc(Br)c(COC(=O)/C=C/c2ccc([N+](=O)[O-])o2)cc1OC. The highest BCUT2D eigenvalue weighted by Crippen LogP contribution is 2.33. The van der Waals surface area contributed by atoms with Gasteiger partial charge in [-0.2, -0.15) is 0 Å². The molecule has 9 heteroatoms. The number of halogens is 1. The molecule has 1 aromatic carbocycles. The number of carbonyl (C=O) groups is 1. The van der Waals surface area contributed by atoms with Crippen LogP contribution >= 0.6 is 15.9 Å². The van der Waals surface area contributed by atoms with E-state index < -0.39 is 16.8 Å². The highest BCUT2D eigenvalue weighted by Gasteiger charge is 2.12. The van der Waals surface area contributed by atoms with Gasteiger partial charge in [-0.05, 0) is 24.3 Å². The first-order chi connectivity index (χ1) is 11.9. The molecule has 1 aromatic heterocycles. The quantitative estimate of drug-likeness (QED) is 0.296. The number of rotatable bonds is 7. The highest BCUT2D eigenvalue weighted by molar-refractivity contribution is 9.10. The molecule has 25 heavy (non-hydrogen) atoms. The second-order valence-corrected chi connectivity index (χ2v) is 5.53. The van der Waals surface area contributed by atoms with Crippen LogP contribution in [0.15, 0.2) is 39.2 Å². The average molecular weight is 412 g/mol. The summed E-state index contributed by atoms with van der Waals surface area (Å²) in [5.74, 6) is 0.206. The topological polar surface area (TPSA) is 101 Å². The summed E-state index contributed by atoms with van der Waals surface area (Å²) in [7, 11) is 3.03. The fourth-order valence-corrected chi connectivity index (χ4v) is 2.32. The van der Waals surface area contributed by atoms with Crippen LogP contribution in [0.3, 0.4) is 0 Å². The molecule has 0 unspecified atom stereocenters. The van der Waals surface area contributed by atoms with Gasteiger partial charge in [0.25, 0.3) is 0 Å². The second kappa shape index (κ2) is 8.34. The summed E-state index contributed by atoms with van der Waals surface area (Å²) in [5.41, 5.74) is 0.688. The molecule has 0 bridgehead atoms. The molecule has 0 amide bonds. The smallest absolute Gasteiger partial charge is 0.433 e. The van der Waals surface area contributed by atoms with Gasteiger partial charge in [0.2, 0.25) is 0 Å². The summed E-state index contributed by atoms with van der Waals surface area (Å²) in [6.45, 7) is 0.00239. The van der Waals surface area contributed by atoms with Crippen LogP contribution in [0.25, 0.3) is 6.08 Å². The van der Waals surface area contributed by atoms with Crippen molar-refractivity contribution >= 4 is 33.9 Å². The van der Waals surface area contributed by atoms with Crippen molar-refractivity contribution in [2.45, 2.75) is 6.61 Å². The van der Waals surface area contributed by atoms with Gasteiger partial charge >= 0.3 is 11.9 Å². The van der Waals surface area contributed by atoms with Crippen LogP contribution in [-0.2, 0) is 16.1 Å². The fourth-order valence-electron chi connectivity index (χ4n) is 1.88. The Bertz CT molecular complexity index is 813. The van der Waals surface area contributed by atoms with E-state index in [1.165, 1.54) is 32.4 Å². The van der Waals surface area contributed by atoms with Crippen LogP contribution in [0.2, 0.25) is 0 Å². The van der Waals surface area contributed by atoms with E-state index in [1.807, 2.05) is 0 Å². The zero-order chi connectivity index (χ0) is 18.4. The zero-order valence-corrected chi connectivity index (χ0v) is 14.9. The van der Waals surface area contributed by atoms with E-state index in [0.29, 0.717) is 21.5 Å². The first-order valence-corrected chi connectivity index (χ1v) is 7.73. The molecule has 0 aliphatic rings. The number of hydrogen-bond acceptors (Lipinski definition) is 7. The third-order valence-electron chi connectivity index (χ3n) is 3.10. The molecule has 0 saturated carbocycles. The Labute approximate surface area is 151 Å². The Morgan fingerprint density at radius 3 is 2.56 bits per heavy atom. The maximum absolute atomic E-state index is 11.8. The number of furan rings is 1. The zero-order valence-electron chi connectivity index (χ0n) is 13.4. The predicted molar refractivity (Wildman–Crippen MR) is 91.4 cm³/mol. The summed E-state index contributed by atoms with van der Waals surface area (Å²) < 4.78 is 21.1. The lowest BCUT2D eigenvalue weighted by Gasteiger charge is -2.11. The average Bonchev–Trinajstić information content (AvgIpc) is 3.07. The summed E-state index contributed by atoms with van der Waals surface area (Å²) in [6, 6.07) is 5.98. The summed E-state index contributed by atoms with van der Waals surface area (Å²) in [6.07, 6.45) is 2.41. The van der Waals surface area contributed by atoms with E-state index in [-0.39, 0.29) is 12.4 Å². The maximum Gasteiger partial charge on any atom is 0.433 e. The largest absolute Gasteiger partial charge is 0.493 e. The van der Waals surface area contributed by atoms with Gasteiger partial charge in [0, 0.05) is 16.1 Å². The summed E-state index contributed by atoms with van der Waals surface area (Å²) >= 11 is 3.37. The third-order valence-corrected chi connectivity index (χ3v) is 3.84. The van der Waals surface area contributed by atoms with E-state index in [1.54, 1.807) is 12.1 Å². The van der Waals surface area contributed by atoms with E-state index in [2.05, 4.69) is 15.9 Å². The van der Waals surface area contributed by atoms with Crippen LogP contribution < -0.4 is 9.47 Å². The number of nitrogens with zero attached hydrogens (tertiary/aromatic N) is 1. The molecular weight excluding hydrogens is 398 g/mol. The highest BCUT2D eigenvalue weighted by atomic mass is 79.9. The predicted octanol–water partition coefficient (Wildman–Crippen LogP) is 3.72. The van der Waals surface area contributed by atoms with Gasteiger partial charge in [0.1, 0.15) is 17.3 Å². The molecule has 0 N–H and O–H groups in total. The van der Waals surface area contributed by atoms with Crippen LogP contribution in [0, 0.1) is 10.1 Å². The number of hydrogen-bond donors (Lipinski definition) is 0. The third kappa shape index (κ3) is 4.83. The van der Waals surface area contributed by atoms with Crippen molar-refractivity contribution in [1.82, 2.24) is 0 Å². The second-order valence-electron chi connectivity index (χ2n) is 4.67. The first-order valence-electron chi connectivity index (χ1n) is 6.94. The summed E-state index contributed by atoms with van der Waals surface area (Å²) in [4.78, 5) is 21.6. The number of methoxy groups -OCH3 is 2. The monoisotopic (exact) mass is 411 g/mol. The first kappa shape index (κ1) is 18.5. The van der Waals surface area contributed by atoms with Crippen molar-refractivity contribution < 1.29 is 28.3 Å². The standard InChI is InChI=1S/C16H14BrNO7/c1-22-13-7-10(12(17)8-14(13)23-2)9-24-16(19)6-4-11-3-5-15(25-11)18(20)21/h3-8H,9H2,1-2H3/b6-4+. The van der Waals surface area contributed by atoms with Crippen molar-refractivity contribution in [3.05, 3.63) is 56.3 Å².